The third-order valence-corrected chi connectivity index (χ3v) is 6.18. The Hall–Kier alpha value is -2.05. The monoisotopic (exact) mass is 415 g/mol. The average Bonchev–Trinajstić information content (AvgIpc) is 3.43. The molecule has 29 heavy (non-hydrogen) atoms. The van der Waals surface area contributed by atoms with Gasteiger partial charge in [-0.15, -0.1) is 11.3 Å². The van der Waals surface area contributed by atoms with Crippen LogP contribution in [0.2, 0.25) is 0 Å². The summed E-state index contributed by atoms with van der Waals surface area (Å²) < 4.78 is 11.6. The molecule has 2 N–H and O–H groups in total. The van der Waals surface area contributed by atoms with E-state index in [0.717, 1.165) is 50.0 Å². The molecule has 1 aromatic heterocycles. The highest BCUT2D eigenvalue weighted by atomic mass is 32.1. The molecule has 6 heteroatoms. The number of aliphatic imine (C=N–C) groups is 1. The highest BCUT2D eigenvalue weighted by molar-refractivity contribution is 7.10. The number of ether oxygens (including phenoxy) is 2. The van der Waals surface area contributed by atoms with Gasteiger partial charge in [0.2, 0.25) is 0 Å². The third kappa shape index (κ3) is 6.75. The van der Waals surface area contributed by atoms with Crippen molar-refractivity contribution in [2.75, 3.05) is 32.9 Å². The highest BCUT2D eigenvalue weighted by Crippen LogP contribution is 2.24. The van der Waals surface area contributed by atoms with Crippen molar-refractivity contribution in [3.8, 4) is 5.75 Å². The van der Waals surface area contributed by atoms with Crippen molar-refractivity contribution in [3.63, 3.8) is 0 Å². The number of hydrogen-bond acceptors (Lipinski definition) is 4. The smallest absolute Gasteiger partial charge is 0.191 e. The molecule has 2 unspecified atom stereocenters. The topological polar surface area (TPSA) is 54.9 Å². The molecular weight excluding hydrogens is 382 g/mol. The number of nitrogens with one attached hydrogen (secondary N) is 2. The summed E-state index contributed by atoms with van der Waals surface area (Å²) in [5.74, 6) is 2.71. The molecule has 158 valence electrons. The second-order valence-corrected chi connectivity index (χ2v) is 8.62. The lowest BCUT2D eigenvalue weighted by Crippen LogP contribution is -2.39. The van der Waals surface area contributed by atoms with Crippen LogP contribution in [0, 0.1) is 12.8 Å². The Balaban J connectivity index is 1.61. The first-order valence-corrected chi connectivity index (χ1v) is 11.4. The number of rotatable bonds is 9. The first kappa shape index (κ1) is 21.7. The Morgan fingerprint density at radius 3 is 2.97 bits per heavy atom. The molecule has 1 aliphatic rings. The van der Waals surface area contributed by atoms with E-state index in [4.69, 9.17) is 14.5 Å². The van der Waals surface area contributed by atoms with E-state index in [9.17, 15) is 0 Å². The molecule has 0 amide bonds. The van der Waals surface area contributed by atoms with Crippen LogP contribution in [0.25, 0.3) is 0 Å². The van der Waals surface area contributed by atoms with Crippen LogP contribution in [0.1, 0.15) is 42.2 Å². The van der Waals surface area contributed by atoms with Crippen molar-refractivity contribution in [2.24, 2.45) is 10.9 Å². The molecule has 0 radical (unpaired) electrons. The van der Waals surface area contributed by atoms with E-state index in [1.54, 1.807) is 11.3 Å². The predicted octanol–water partition coefficient (Wildman–Crippen LogP) is 4.33. The zero-order chi connectivity index (χ0) is 20.5. The fourth-order valence-corrected chi connectivity index (χ4v) is 4.06. The molecule has 2 aromatic rings. The Kier molecular flexibility index (Phi) is 8.38. The van der Waals surface area contributed by atoms with E-state index in [-0.39, 0.29) is 0 Å². The third-order valence-electron chi connectivity index (χ3n) is 5.08. The molecule has 3 rings (SSSR count). The number of hydrogen-bond donors (Lipinski definition) is 2. The summed E-state index contributed by atoms with van der Waals surface area (Å²) in [7, 11) is 0. The number of guanidine groups is 1. The second-order valence-electron chi connectivity index (χ2n) is 7.64. The van der Waals surface area contributed by atoms with Crippen molar-refractivity contribution in [1.29, 1.82) is 0 Å². The van der Waals surface area contributed by atoms with Crippen LogP contribution in [0.5, 0.6) is 5.75 Å². The summed E-state index contributed by atoms with van der Waals surface area (Å²) in [6.07, 6.45) is 1.08. The Labute approximate surface area is 178 Å². The predicted molar refractivity (Wildman–Crippen MR) is 121 cm³/mol. The van der Waals surface area contributed by atoms with Gasteiger partial charge in [0.15, 0.2) is 5.96 Å². The fraction of sp³-hybridized carbons (Fsp3) is 0.522. The molecule has 0 bridgehead atoms. The van der Waals surface area contributed by atoms with E-state index >= 15 is 0 Å². The van der Waals surface area contributed by atoms with Crippen molar-refractivity contribution in [1.82, 2.24) is 10.6 Å². The standard InChI is InChI=1S/C23H33N3O2S/c1-4-24-23(25-13-18(3)22-6-5-11-29-22)26-14-20-8-7-17(2)12-21(20)28-16-19-9-10-27-15-19/h5-8,11-12,18-19H,4,9-10,13-16H2,1-3H3,(H2,24,25,26). The Morgan fingerprint density at radius 2 is 2.24 bits per heavy atom. The minimum Gasteiger partial charge on any atom is -0.493 e. The minimum absolute atomic E-state index is 0.450. The lowest BCUT2D eigenvalue weighted by atomic mass is 10.1. The second kappa shape index (κ2) is 11.2. The van der Waals surface area contributed by atoms with Gasteiger partial charge in [0, 0.05) is 42.0 Å². The maximum absolute atomic E-state index is 6.15. The van der Waals surface area contributed by atoms with E-state index in [0.29, 0.717) is 25.0 Å². The lowest BCUT2D eigenvalue weighted by Gasteiger charge is -2.16. The minimum atomic E-state index is 0.450. The van der Waals surface area contributed by atoms with Crippen LogP contribution in [0.4, 0.5) is 0 Å². The van der Waals surface area contributed by atoms with Crippen LogP contribution in [0.3, 0.4) is 0 Å². The van der Waals surface area contributed by atoms with Gasteiger partial charge in [0.05, 0.1) is 19.8 Å². The summed E-state index contributed by atoms with van der Waals surface area (Å²) in [6.45, 7) is 11.0. The van der Waals surface area contributed by atoms with Gasteiger partial charge in [-0.25, -0.2) is 4.99 Å². The molecule has 0 aliphatic carbocycles. The van der Waals surface area contributed by atoms with Crippen molar-refractivity contribution >= 4 is 17.3 Å². The normalized spacial score (nSPS) is 17.9. The zero-order valence-corrected chi connectivity index (χ0v) is 18.6. The Morgan fingerprint density at radius 1 is 1.34 bits per heavy atom. The van der Waals surface area contributed by atoms with Crippen molar-refractivity contribution in [2.45, 2.75) is 39.7 Å². The SMILES string of the molecule is CCNC(=NCc1ccc(C)cc1OCC1CCOC1)NCC(C)c1cccs1. The molecule has 5 nitrogen and oxygen atoms in total. The fourth-order valence-electron chi connectivity index (χ4n) is 3.28. The van der Waals surface area contributed by atoms with Gasteiger partial charge >= 0.3 is 0 Å². The van der Waals surface area contributed by atoms with Crippen molar-refractivity contribution < 1.29 is 9.47 Å². The maximum Gasteiger partial charge on any atom is 0.191 e. The summed E-state index contributed by atoms with van der Waals surface area (Å²) in [6, 6.07) is 10.6. The Bertz CT molecular complexity index is 770. The van der Waals surface area contributed by atoms with Gasteiger partial charge in [0.1, 0.15) is 5.75 Å². The maximum atomic E-state index is 6.15. The van der Waals surface area contributed by atoms with Crippen LogP contribution in [-0.2, 0) is 11.3 Å². The number of benzene rings is 1. The summed E-state index contributed by atoms with van der Waals surface area (Å²) in [5.41, 5.74) is 2.31. The van der Waals surface area contributed by atoms with Gasteiger partial charge in [-0.05, 0) is 43.3 Å². The van der Waals surface area contributed by atoms with E-state index in [2.05, 4.69) is 67.1 Å². The van der Waals surface area contributed by atoms with Gasteiger partial charge in [-0.3, -0.25) is 0 Å². The highest BCUT2D eigenvalue weighted by Gasteiger charge is 2.17. The molecule has 1 aromatic carbocycles. The largest absolute Gasteiger partial charge is 0.493 e. The molecule has 1 aliphatic heterocycles. The average molecular weight is 416 g/mol. The summed E-state index contributed by atoms with van der Waals surface area (Å²) in [4.78, 5) is 6.19. The first-order valence-electron chi connectivity index (χ1n) is 10.5. The quantitative estimate of drug-likeness (QED) is 0.473. The van der Waals surface area contributed by atoms with E-state index < -0.39 is 0 Å². The summed E-state index contributed by atoms with van der Waals surface area (Å²) in [5, 5.41) is 8.95. The molecule has 1 saturated heterocycles. The van der Waals surface area contributed by atoms with Crippen LogP contribution >= 0.6 is 11.3 Å². The van der Waals surface area contributed by atoms with Gasteiger partial charge < -0.3 is 20.1 Å². The van der Waals surface area contributed by atoms with E-state index in [1.807, 2.05) is 0 Å². The lowest BCUT2D eigenvalue weighted by molar-refractivity contribution is 0.166. The molecule has 2 heterocycles. The molecule has 0 saturated carbocycles. The van der Waals surface area contributed by atoms with Gasteiger partial charge in [-0.1, -0.05) is 25.1 Å². The summed E-state index contributed by atoms with van der Waals surface area (Å²) >= 11 is 1.80. The number of thiophene rings is 1. The van der Waals surface area contributed by atoms with Crippen LogP contribution in [-0.4, -0.2) is 38.9 Å². The number of nitrogens with zero attached hydrogens (tertiary/aromatic N) is 1. The molecule has 2 atom stereocenters. The number of aryl methyl sites for hydroxylation is 1. The van der Waals surface area contributed by atoms with Crippen LogP contribution in [0.15, 0.2) is 40.7 Å². The molecule has 0 spiro atoms. The zero-order valence-electron chi connectivity index (χ0n) is 17.7. The van der Waals surface area contributed by atoms with Gasteiger partial charge in [0.25, 0.3) is 0 Å². The van der Waals surface area contributed by atoms with Gasteiger partial charge in [-0.2, -0.15) is 0 Å². The van der Waals surface area contributed by atoms with E-state index in [1.165, 1.54) is 10.4 Å². The van der Waals surface area contributed by atoms with Crippen molar-refractivity contribution in [3.05, 3.63) is 51.7 Å². The first-order chi connectivity index (χ1) is 14.2. The van der Waals surface area contributed by atoms with Crippen LogP contribution < -0.4 is 15.4 Å². The molecule has 1 fully saturated rings. The molecular formula is C23H33N3O2S.